The Labute approximate surface area is 263 Å². The predicted molar refractivity (Wildman–Crippen MR) is 174 cm³/mol. The third kappa shape index (κ3) is 6.43. The maximum absolute atomic E-state index is 15.1. The molecule has 0 atom stereocenters. The van der Waals surface area contributed by atoms with Crippen molar-refractivity contribution < 1.29 is 23.1 Å². The van der Waals surface area contributed by atoms with E-state index in [-0.39, 0.29) is 29.5 Å². The molecule has 1 N–H and O–H groups in total. The number of halogens is 2. The first kappa shape index (κ1) is 31.8. The van der Waals surface area contributed by atoms with E-state index < -0.39 is 11.6 Å². The zero-order valence-corrected chi connectivity index (χ0v) is 26.7. The molecule has 1 aliphatic rings. The molecule has 7 nitrogen and oxygen atoms in total. The number of aromatic nitrogens is 1. The van der Waals surface area contributed by atoms with Gasteiger partial charge >= 0.3 is 6.03 Å². The van der Waals surface area contributed by atoms with Crippen LogP contribution in [0.5, 0.6) is 5.75 Å². The first-order valence-corrected chi connectivity index (χ1v) is 15.3. The van der Waals surface area contributed by atoms with Crippen molar-refractivity contribution in [2.24, 2.45) is 0 Å². The molecule has 9 heteroatoms. The first-order chi connectivity index (χ1) is 21.5. The van der Waals surface area contributed by atoms with Crippen LogP contribution in [0, 0.1) is 18.6 Å². The fourth-order valence-corrected chi connectivity index (χ4v) is 5.93. The zero-order chi connectivity index (χ0) is 32.4. The number of carbonyl (C=O) groups excluding carboxylic acids is 2. The summed E-state index contributed by atoms with van der Waals surface area (Å²) in [4.78, 5) is 30.8. The Morgan fingerprint density at radius 2 is 1.42 bits per heavy atom. The normalized spacial score (nSPS) is 13.5. The van der Waals surface area contributed by atoms with Gasteiger partial charge in [0.2, 0.25) is 0 Å². The van der Waals surface area contributed by atoms with Crippen LogP contribution in [-0.4, -0.2) is 59.6 Å². The molecule has 0 saturated carbocycles. The van der Waals surface area contributed by atoms with Crippen LogP contribution >= 0.6 is 0 Å². The number of rotatable bonds is 7. The van der Waals surface area contributed by atoms with Gasteiger partial charge in [0.15, 0.2) is 0 Å². The van der Waals surface area contributed by atoms with Gasteiger partial charge in [-0.2, -0.15) is 0 Å². The quantitative estimate of drug-likeness (QED) is 0.230. The summed E-state index contributed by atoms with van der Waals surface area (Å²) >= 11 is 0. The Morgan fingerprint density at radius 1 is 0.822 bits per heavy atom. The van der Waals surface area contributed by atoms with Crippen molar-refractivity contribution >= 4 is 17.6 Å². The second kappa shape index (κ2) is 13.1. The third-order valence-electron chi connectivity index (χ3n) is 8.47. The van der Waals surface area contributed by atoms with E-state index in [1.165, 1.54) is 12.1 Å². The van der Waals surface area contributed by atoms with E-state index >= 15 is 4.39 Å². The number of hydrogen-bond acceptors (Lipinski definition) is 3. The average molecular weight is 615 g/mol. The second-order valence-corrected chi connectivity index (χ2v) is 12.0. The highest BCUT2D eigenvalue weighted by atomic mass is 19.1. The Hall–Kier alpha value is -4.66. The lowest BCUT2D eigenvalue weighted by Gasteiger charge is -2.35. The Morgan fingerprint density at radius 3 is 1.98 bits per heavy atom. The number of amides is 3. The minimum atomic E-state index is -0.734. The number of hydrogen-bond donors (Lipinski definition) is 1. The van der Waals surface area contributed by atoms with Crippen molar-refractivity contribution in [2.75, 3.05) is 38.6 Å². The number of para-hydroxylation sites is 1. The van der Waals surface area contributed by atoms with Crippen LogP contribution in [0.25, 0.3) is 16.9 Å². The molecule has 3 aromatic carbocycles. The van der Waals surface area contributed by atoms with Crippen LogP contribution in [0.15, 0.2) is 66.7 Å². The van der Waals surface area contributed by atoms with Crippen LogP contribution in [0.2, 0.25) is 0 Å². The second-order valence-electron chi connectivity index (χ2n) is 12.0. The van der Waals surface area contributed by atoms with Gasteiger partial charge in [0.1, 0.15) is 17.4 Å². The molecule has 236 valence electrons. The van der Waals surface area contributed by atoms with Crippen molar-refractivity contribution in [2.45, 2.75) is 46.5 Å². The molecule has 0 radical (unpaired) electrons. The average Bonchev–Trinajstić information content (AvgIpc) is 3.37. The summed E-state index contributed by atoms with van der Waals surface area (Å²) in [6.45, 7) is 11.6. The molecule has 4 aromatic rings. The maximum atomic E-state index is 15.1. The van der Waals surface area contributed by atoms with Gasteiger partial charge in [-0.15, -0.1) is 0 Å². The number of piperazine rings is 1. The zero-order valence-electron chi connectivity index (χ0n) is 26.7. The van der Waals surface area contributed by atoms with Gasteiger partial charge in [0.25, 0.3) is 5.91 Å². The molecule has 0 unspecified atom stereocenters. The lowest BCUT2D eigenvalue weighted by molar-refractivity contribution is 0.0671. The monoisotopic (exact) mass is 614 g/mol. The van der Waals surface area contributed by atoms with E-state index in [2.05, 4.69) is 45.1 Å². The number of urea groups is 1. The van der Waals surface area contributed by atoms with Crippen LogP contribution in [0.4, 0.5) is 19.3 Å². The molecule has 0 bridgehead atoms. The molecule has 5 rings (SSSR count). The molecular weight excluding hydrogens is 574 g/mol. The van der Waals surface area contributed by atoms with Crippen molar-refractivity contribution in [3.63, 3.8) is 0 Å². The number of nitrogens with zero attached hydrogens (tertiary/aromatic N) is 3. The van der Waals surface area contributed by atoms with Gasteiger partial charge in [0, 0.05) is 43.6 Å². The highest BCUT2D eigenvalue weighted by Gasteiger charge is 2.29. The molecule has 1 aliphatic heterocycles. The molecule has 1 aromatic heterocycles. The van der Waals surface area contributed by atoms with Gasteiger partial charge in [-0.3, -0.25) is 4.79 Å². The van der Waals surface area contributed by atoms with Crippen molar-refractivity contribution in [3.05, 3.63) is 101 Å². The Kier molecular flexibility index (Phi) is 9.27. The smallest absolute Gasteiger partial charge is 0.321 e. The van der Waals surface area contributed by atoms with E-state index in [0.29, 0.717) is 48.9 Å². The first-order valence-electron chi connectivity index (χ1n) is 15.3. The van der Waals surface area contributed by atoms with Crippen LogP contribution in [-0.2, 0) is 0 Å². The highest BCUT2D eigenvalue weighted by molar-refractivity contribution is 5.98. The molecule has 1 saturated heterocycles. The van der Waals surface area contributed by atoms with Gasteiger partial charge < -0.3 is 24.4 Å². The van der Waals surface area contributed by atoms with E-state index in [9.17, 15) is 14.0 Å². The summed E-state index contributed by atoms with van der Waals surface area (Å²) in [5.41, 5.74) is 5.46. The predicted octanol–water partition coefficient (Wildman–Crippen LogP) is 7.98. The fourth-order valence-electron chi connectivity index (χ4n) is 5.93. The standard InChI is InChI=1S/C36H40F2N4O3/c1-22(2)28-8-7-9-29(23(3)4)34(28)39-36(44)41-18-16-40(17-19-41)35(43)30-21-33(25-10-13-27(45-6)14-11-25)42(24(30)5)32-15-12-26(37)20-31(32)38/h7-15,20-23H,16-19H2,1-6H3,(H,39,44). The van der Waals surface area contributed by atoms with E-state index in [1.807, 2.05) is 18.2 Å². The minimum Gasteiger partial charge on any atom is -0.497 e. The summed E-state index contributed by atoms with van der Waals surface area (Å²) in [6, 6.07) is 18.3. The highest BCUT2D eigenvalue weighted by Crippen LogP contribution is 2.34. The third-order valence-corrected chi connectivity index (χ3v) is 8.47. The number of anilines is 1. The van der Waals surface area contributed by atoms with E-state index in [1.54, 1.807) is 46.6 Å². The van der Waals surface area contributed by atoms with Crippen LogP contribution < -0.4 is 10.1 Å². The van der Waals surface area contributed by atoms with E-state index in [0.717, 1.165) is 28.4 Å². The summed E-state index contributed by atoms with van der Waals surface area (Å²) in [6.07, 6.45) is 0. The molecule has 1 fully saturated rings. The van der Waals surface area contributed by atoms with Gasteiger partial charge in [-0.1, -0.05) is 45.9 Å². The van der Waals surface area contributed by atoms with Crippen molar-refractivity contribution in [3.8, 4) is 22.7 Å². The summed E-state index contributed by atoms with van der Waals surface area (Å²) < 4.78 is 35.8. The number of nitrogens with one attached hydrogen (secondary N) is 1. The summed E-state index contributed by atoms with van der Waals surface area (Å²) in [5, 5.41) is 3.17. The van der Waals surface area contributed by atoms with Gasteiger partial charge in [-0.25, -0.2) is 13.6 Å². The minimum absolute atomic E-state index is 0.141. The van der Waals surface area contributed by atoms with Gasteiger partial charge in [0.05, 0.1) is 24.1 Å². The summed E-state index contributed by atoms with van der Waals surface area (Å²) in [7, 11) is 1.57. The molecule has 0 aliphatic carbocycles. The molecule has 0 spiro atoms. The largest absolute Gasteiger partial charge is 0.497 e. The lowest BCUT2D eigenvalue weighted by atomic mass is 9.93. The number of methoxy groups -OCH3 is 1. The van der Waals surface area contributed by atoms with Crippen molar-refractivity contribution in [1.82, 2.24) is 14.4 Å². The maximum Gasteiger partial charge on any atom is 0.321 e. The Bertz CT molecular complexity index is 1680. The SMILES string of the molecule is COc1ccc(-c2cc(C(=O)N3CCN(C(=O)Nc4c(C(C)C)cccc4C(C)C)CC3)c(C)n2-c2ccc(F)cc2F)cc1. The number of benzene rings is 3. The fraction of sp³-hybridized carbons (Fsp3) is 0.333. The summed E-state index contributed by atoms with van der Waals surface area (Å²) in [5.74, 6) is -0.478. The molecular formula is C36H40F2N4O3. The molecule has 45 heavy (non-hydrogen) atoms. The Balaban J connectivity index is 1.38. The molecule has 3 amide bonds. The van der Waals surface area contributed by atoms with Gasteiger partial charge in [-0.05, 0) is 77.9 Å². The van der Waals surface area contributed by atoms with E-state index in [4.69, 9.17) is 4.74 Å². The number of carbonyl (C=O) groups is 2. The molecule has 2 heterocycles. The van der Waals surface area contributed by atoms with Crippen LogP contribution in [0.1, 0.15) is 66.7 Å². The lowest BCUT2D eigenvalue weighted by Crippen LogP contribution is -2.51. The number of ether oxygens (including phenoxy) is 1. The van der Waals surface area contributed by atoms with Crippen LogP contribution in [0.3, 0.4) is 0 Å². The van der Waals surface area contributed by atoms with Crippen molar-refractivity contribution in [1.29, 1.82) is 0 Å². The topological polar surface area (TPSA) is 66.8 Å².